The minimum absolute atomic E-state index is 0.202. The Bertz CT molecular complexity index is 1160. The molecule has 8 heteroatoms. The molecule has 0 amide bonds. The molecule has 0 saturated carbocycles. The van der Waals surface area contributed by atoms with Gasteiger partial charge in [-0.1, -0.05) is 25.1 Å². The Morgan fingerprint density at radius 3 is 2.67 bits per heavy atom. The maximum Gasteiger partial charge on any atom is 0.271 e. The van der Waals surface area contributed by atoms with Crippen LogP contribution in [0.4, 0.5) is 5.82 Å². The van der Waals surface area contributed by atoms with Crippen molar-refractivity contribution in [2.24, 2.45) is 0 Å². The molecule has 136 valence electrons. The lowest BCUT2D eigenvalue weighted by Gasteiger charge is -2.14. The van der Waals surface area contributed by atoms with Crippen molar-refractivity contribution in [2.75, 3.05) is 5.73 Å². The van der Waals surface area contributed by atoms with Gasteiger partial charge in [-0.05, 0) is 25.5 Å². The number of benzene rings is 1. The van der Waals surface area contributed by atoms with Crippen LogP contribution < -0.4 is 11.3 Å². The number of hydrogen-bond acceptors (Lipinski definition) is 6. The van der Waals surface area contributed by atoms with Crippen molar-refractivity contribution in [2.45, 2.75) is 26.3 Å². The molecule has 0 aliphatic rings. The summed E-state index contributed by atoms with van der Waals surface area (Å²) >= 11 is 0. The lowest BCUT2D eigenvalue weighted by Crippen LogP contribution is -2.22. The second-order valence-corrected chi connectivity index (χ2v) is 6.25. The minimum Gasteiger partial charge on any atom is -0.383 e. The average Bonchev–Trinajstić information content (AvgIpc) is 3.08. The Morgan fingerprint density at radius 2 is 1.96 bits per heavy atom. The van der Waals surface area contributed by atoms with E-state index in [1.165, 1.54) is 11.0 Å². The van der Waals surface area contributed by atoms with Gasteiger partial charge < -0.3 is 5.73 Å². The van der Waals surface area contributed by atoms with Gasteiger partial charge in [0.1, 0.15) is 12.1 Å². The largest absolute Gasteiger partial charge is 0.383 e. The molecule has 0 spiro atoms. The smallest absolute Gasteiger partial charge is 0.271 e. The predicted molar refractivity (Wildman–Crippen MR) is 103 cm³/mol. The van der Waals surface area contributed by atoms with E-state index in [9.17, 15) is 4.79 Å². The Kier molecular flexibility index (Phi) is 4.15. The van der Waals surface area contributed by atoms with Crippen LogP contribution in [-0.4, -0.2) is 29.5 Å². The van der Waals surface area contributed by atoms with E-state index in [0.29, 0.717) is 17.9 Å². The molecule has 3 heterocycles. The van der Waals surface area contributed by atoms with Crippen LogP contribution in [0.5, 0.6) is 0 Å². The summed E-state index contributed by atoms with van der Waals surface area (Å²) < 4.78 is 3.14. The number of nitrogens with zero attached hydrogens (tertiary/aromatic N) is 6. The number of rotatable bonds is 4. The molecule has 1 unspecified atom stereocenters. The summed E-state index contributed by atoms with van der Waals surface area (Å²) in [5, 5.41) is 9.74. The molecule has 0 saturated heterocycles. The SMILES string of the molecule is CCc1nn(C(C)c2cnn(-c3ccccc3)c(=O)c2)c2ncnc(N)c12. The topological polar surface area (TPSA) is 105 Å². The standard InChI is InChI=1S/C19H19N7O/c1-3-15-17-18(20)21-11-22-19(17)25(24-15)12(2)13-9-16(27)26(23-10-13)14-7-5-4-6-8-14/h4-12H,3H2,1-2H3,(H2,20,21,22). The van der Waals surface area contributed by atoms with Crippen molar-refractivity contribution in [1.29, 1.82) is 0 Å². The first-order chi connectivity index (χ1) is 13.1. The van der Waals surface area contributed by atoms with Gasteiger partial charge in [-0.25, -0.2) is 14.6 Å². The lowest BCUT2D eigenvalue weighted by atomic mass is 10.1. The third-order valence-electron chi connectivity index (χ3n) is 4.60. The fourth-order valence-corrected chi connectivity index (χ4v) is 3.14. The first-order valence-electron chi connectivity index (χ1n) is 8.72. The molecule has 8 nitrogen and oxygen atoms in total. The van der Waals surface area contributed by atoms with Crippen LogP contribution in [0.3, 0.4) is 0 Å². The van der Waals surface area contributed by atoms with Gasteiger partial charge in [0.05, 0.1) is 29.0 Å². The van der Waals surface area contributed by atoms with E-state index in [0.717, 1.165) is 22.3 Å². The second kappa shape index (κ2) is 6.64. The summed E-state index contributed by atoms with van der Waals surface area (Å²) in [6.45, 7) is 3.96. The molecule has 1 aromatic carbocycles. The van der Waals surface area contributed by atoms with Crippen LogP contribution in [0.2, 0.25) is 0 Å². The van der Waals surface area contributed by atoms with E-state index in [-0.39, 0.29) is 11.6 Å². The third kappa shape index (κ3) is 2.84. The number of nitrogens with two attached hydrogens (primary N) is 1. The van der Waals surface area contributed by atoms with Crippen LogP contribution in [-0.2, 0) is 6.42 Å². The summed E-state index contributed by atoms with van der Waals surface area (Å²) in [6.07, 6.45) is 3.82. The van der Waals surface area contributed by atoms with Gasteiger partial charge in [0.15, 0.2) is 5.65 Å². The molecule has 4 aromatic rings. The number of nitrogen functional groups attached to an aromatic ring is 1. The van der Waals surface area contributed by atoms with Crippen molar-refractivity contribution in [3.63, 3.8) is 0 Å². The zero-order valence-corrected chi connectivity index (χ0v) is 15.1. The number of fused-ring (bicyclic) bond motifs is 1. The number of hydrogen-bond donors (Lipinski definition) is 1. The first-order valence-corrected chi connectivity index (χ1v) is 8.72. The molecule has 27 heavy (non-hydrogen) atoms. The highest BCUT2D eigenvalue weighted by molar-refractivity contribution is 5.88. The molecular weight excluding hydrogens is 342 g/mol. The summed E-state index contributed by atoms with van der Waals surface area (Å²) in [6, 6.07) is 10.7. The van der Waals surface area contributed by atoms with Crippen LogP contribution in [0.25, 0.3) is 16.7 Å². The van der Waals surface area contributed by atoms with Gasteiger partial charge in [-0.2, -0.15) is 14.9 Å². The van der Waals surface area contributed by atoms with Crippen LogP contribution >= 0.6 is 0 Å². The highest BCUT2D eigenvalue weighted by Gasteiger charge is 2.19. The summed E-state index contributed by atoms with van der Waals surface area (Å²) in [5.74, 6) is 0.410. The molecule has 0 aliphatic carbocycles. The van der Waals surface area contributed by atoms with Crippen LogP contribution in [0.1, 0.15) is 31.1 Å². The zero-order valence-electron chi connectivity index (χ0n) is 15.1. The van der Waals surface area contributed by atoms with Gasteiger partial charge in [0.2, 0.25) is 0 Å². The molecule has 3 aromatic heterocycles. The Balaban J connectivity index is 1.79. The molecule has 4 rings (SSSR count). The van der Waals surface area contributed by atoms with Crippen molar-refractivity contribution < 1.29 is 0 Å². The van der Waals surface area contributed by atoms with E-state index < -0.39 is 0 Å². The van der Waals surface area contributed by atoms with Gasteiger partial charge in [-0.15, -0.1) is 0 Å². The van der Waals surface area contributed by atoms with Crippen molar-refractivity contribution in [3.8, 4) is 5.69 Å². The molecule has 1 atom stereocenters. The fourth-order valence-electron chi connectivity index (χ4n) is 3.14. The highest BCUT2D eigenvalue weighted by Crippen LogP contribution is 2.26. The monoisotopic (exact) mass is 361 g/mol. The number of aryl methyl sites for hydroxylation is 1. The average molecular weight is 361 g/mol. The molecule has 2 N–H and O–H groups in total. The lowest BCUT2D eigenvalue weighted by molar-refractivity contribution is 0.565. The van der Waals surface area contributed by atoms with E-state index >= 15 is 0 Å². The van der Waals surface area contributed by atoms with E-state index in [4.69, 9.17) is 5.73 Å². The molecule has 0 fully saturated rings. The quantitative estimate of drug-likeness (QED) is 0.597. The fraction of sp³-hybridized carbons (Fsp3) is 0.211. The summed E-state index contributed by atoms with van der Waals surface area (Å²) in [7, 11) is 0. The minimum atomic E-state index is -0.229. The number of aromatic nitrogens is 6. The molecular formula is C19H19N7O. The van der Waals surface area contributed by atoms with Crippen molar-refractivity contribution in [1.82, 2.24) is 29.5 Å². The summed E-state index contributed by atoms with van der Waals surface area (Å²) in [5.41, 5.74) is 8.78. The first kappa shape index (κ1) is 16.9. The number of para-hydroxylation sites is 1. The maximum absolute atomic E-state index is 12.6. The van der Waals surface area contributed by atoms with Gasteiger partial charge >= 0.3 is 0 Å². The number of anilines is 1. The zero-order chi connectivity index (χ0) is 19.0. The second-order valence-electron chi connectivity index (χ2n) is 6.25. The van der Waals surface area contributed by atoms with Gasteiger partial charge in [-0.3, -0.25) is 4.79 Å². The maximum atomic E-state index is 12.6. The third-order valence-corrected chi connectivity index (χ3v) is 4.60. The highest BCUT2D eigenvalue weighted by atomic mass is 16.1. The van der Waals surface area contributed by atoms with E-state index in [2.05, 4.69) is 20.2 Å². The molecule has 0 aliphatic heterocycles. The Morgan fingerprint density at radius 1 is 1.19 bits per heavy atom. The normalized spacial score (nSPS) is 12.4. The molecule has 0 radical (unpaired) electrons. The van der Waals surface area contributed by atoms with Crippen LogP contribution in [0.15, 0.2) is 53.7 Å². The van der Waals surface area contributed by atoms with E-state index in [1.54, 1.807) is 16.9 Å². The Labute approximate surface area is 155 Å². The van der Waals surface area contributed by atoms with Gasteiger partial charge in [0, 0.05) is 11.6 Å². The van der Waals surface area contributed by atoms with Crippen molar-refractivity contribution in [3.05, 3.63) is 70.5 Å². The Hall–Kier alpha value is -3.55. The predicted octanol–water partition coefficient (Wildman–Crippen LogP) is 2.13. The van der Waals surface area contributed by atoms with Crippen molar-refractivity contribution >= 4 is 16.9 Å². The van der Waals surface area contributed by atoms with Crippen LogP contribution in [0, 0.1) is 0 Å². The summed E-state index contributed by atoms with van der Waals surface area (Å²) in [4.78, 5) is 21.0. The molecule has 0 bridgehead atoms. The van der Waals surface area contributed by atoms with E-state index in [1.807, 2.05) is 44.2 Å². The van der Waals surface area contributed by atoms with Gasteiger partial charge in [0.25, 0.3) is 5.56 Å².